The van der Waals surface area contributed by atoms with Crippen LogP contribution in [0, 0.1) is 6.92 Å². The van der Waals surface area contributed by atoms with E-state index in [2.05, 4.69) is 46.8 Å². The van der Waals surface area contributed by atoms with E-state index in [1.165, 1.54) is 36.6 Å². The molecule has 1 aromatic heterocycles. The minimum Gasteiger partial charge on any atom is -0.342 e. The third kappa shape index (κ3) is 4.67. The molecule has 2 aromatic rings. The Morgan fingerprint density at radius 1 is 1.12 bits per heavy atom. The Bertz CT molecular complexity index is 735. The summed E-state index contributed by atoms with van der Waals surface area (Å²) in [7, 11) is 0. The third-order valence-electron chi connectivity index (χ3n) is 4.84. The quantitative estimate of drug-likeness (QED) is 0.740. The second-order valence-corrected chi connectivity index (χ2v) is 7.80. The summed E-state index contributed by atoms with van der Waals surface area (Å²) in [5.74, 6) is 1.53. The molecule has 1 aliphatic rings. The maximum absolute atomic E-state index is 12.6. The zero-order valence-corrected chi connectivity index (χ0v) is 16.6. The lowest BCUT2D eigenvalue weighted by Crippen LogP contribution is -2.35. The Morgan fingerprint density at radius 2 is 1.85 bits per heavy atom. The van der Waals surface area contributed by atoms with Gasteiger partial charge in [-0.15, -0.1) is 10.2 Å². The molecule has 0 radical (unpaired) electrons. The number of nitrogens with zero attached hydrogens (tertiary/aromatic N) is 4. The molecular formula is C20H28N4OS. The molecular weight excluding hydrogens is 344 g/mol. The normalized spacial score (nSPS) is 15.5. The smallest absolute Gasteiger partial charge is 0.233 e. The van der Waals surface area contributed by atoms with Gasteiger partial charge >= 0.3 is 0 Å². The van der Waals surface area contributed by atoms with Gasteiger partial charge in [-0.3, -0.25) is 4.79 Å². The van der Waals surface area contributed by atoms with Crippen molar-refractivity contribution in [1.29, 1.82) is 0 Å². The van der Waals surface area contributed by atoms with Gasteiger partial charge in [-0.25, -0.2) is 0 Å². The van der Waals surface area contributed by atoms with Crippen LogP contribution in [0.5, 0.6) is 0 Å². The van der Waals surface area contributed by atoms with E-state index in [1.54, 1.807) is 0 Å². The average molecular weight is 373 g/mol. The van der Waals surface area contributed by atoms with Gasteiger partial charge in [0, 0.05) is 25.2 Å². The van der Waals surface area contributed by atoms with Gasteiger partial charge in [0.05, 0.1) is 5.75 Å². The zero-order chi connectivity index (χ0) is 18.4. The Balaban J connectivity index is 1.67. The summed E-state index contributed by atoms with van der Waals surface area (Å²) in [5, 5.41) is 9.56. The summed E-state index contributed by atoms with van der Waals surface area (Å²) >= 11 is 1.50. The molecule has 0 spiro atoms. The maximum Gasteiger partial charge on any atom is 0.233 e. The number of benzene rings is 1. The van der Waals surface area contributed by atoms with Gasteiger partial charge in [-0.2, -0.15) is 0 Å². The molecule has 1 fully saturated rings. The Morgan fingerprint density at radius 3 is 2.54 bits per heavy atom. The number of likely N-dealkylation sites (tertiary alicyclic amines) is 1. The molecule has 26 heavy (non-hydrogen) atoms. The summed E-state index contributed by atoms with van der Waals surface area (Å²) in [5.41, 5.74) is 2.27. The standard InChI is InChI=1S/C20H28N4OS/c1-3-24-19(17-11-9-10-16(2)14-17)21-22-20(24)26-15-18(25)23-12-7-5-4-6-8-13-23/h9-11,14H,3-8,12-13,15H2,1-2H3. The van der Waals surface area contributed by atoms with Crippen LogP contribution in [0.3, 0.4) is 0 Å². The molecule has 0 unspecified atom stereocenters. The highest BCUT2D eigenvalue weighted by atomic mass is 32.2. The number of hydrogen-bond donors (Lipinski definition) is 0. The first-order valence-electron chi connectivity index (χ1n) is 9.60. The van der Waals surface area contributed by atoms with Gasteiger partial charge in [-0.05, 0) is 32.8 Å². The number of carbonyl (C=O) groups is 1. The van der Waals surface area contributed by atoms with Gasteiger partial charge < -0.3 is 9.47 Å². The molecule has 5 nitrogen and oxygen atoms in total. The van der Waals surface area contributed by atoms with Crippen molar-refractivity contribution < 1.29 is 4.79 Å². The fourth-order valence-corrected chi connectivity index (χ4v) is 4.30. The molecule has 0 N–H and O–H groups in total. The van der Waals surface area contributed by atoms with Crippen LogP contribution in [-0.4, -0.2) is 44.4 Å². The maximum atomic E-state index is 12.6. The topological polar surface area (TPSA) is 51.0 Å². The molecule has 0 bridgehead atoms. The molecule has 0 aliphatic carbocycles. The van der Waals surface area contributed by atoms with Crippen molar-refractivity contribution in [2.24, 2.45) is 0 Å². The van der Waals surface area contributed by atoms with E-state index in [0.717, 1.165) is 49.0 Å². The van der Waals surface area contributed by atoms with E-state index in [9.17, 15) is 4.79 Å². The minimum absolute atomic E-state index is 0.222. The number of aromatic nitrogens is 3. The lowest BCUT2D eigenvalue weighted by Gasteiger charge is -2.24. The monoisotopic (exact) mass is 372 g/mol. The average Bonchev–Trinajstić information content (AvgIpc) is 3.02. The highest BCUT2D eigenvalue weighted by Crippen LogP contribution is 2.25. The van der Waals surface area contributed by atoms with Crippen molar-refractivity contribution in [1.82, 2.24) is 19.7 Å². The van der Waals surface area contributed by atoms with Crippen LogP contribution in [0.2, 0.25) is 0 Å². The lowest BCUT2D eigenvalue weighted by molar-refractivity contribution is -0.128. The Labute approximate surface area is 160 Å². The van der Waals surface area contributed by atoms with Gasteiger partial charge in [0.2, 0.25) is 5.91 Å². The summed E-state index contributed by atoms with van der Waals surface area (Å²) in [6.07, 6.45) is 6.03. The summed E-state index contributed by atoms with van der Waals surface area (Å²) in [4.78, 5) is 14.6. The van der Waals surface area contributed by atoms with Gasteiger partial charge in [-0.1, -0.05) is 54.8 Å². The van der Waals surface area contributed by atoms with E-state index >= 15 is 0 Å². The first-order chi connectivity index (χ1) is 12.7. The molecule has 1 amide bonds. The number of rotatable bonds is 5. The summed E-state index contributed by atoms with van der Waals surface area (Å²) in [6, 6.07) is 8.30. The predicted molar refractivity (Wildman–Crippen MR) is 106 cm³/mol. The van der Waals surface area contributed by atoms with Crippen LogP contribution in [0.15, 0.2) is 29.4 Å². The molecule has 1 saturated heterocycles. The lowest BCUT2D eigenvalue weighted by atomic mass is 10.1. The minimum atomic E-state index is 0.222. The van der Waals surface area contributed by atoms with E-state index in [4.69, 9.17) is 0 Å². The number of amides is 1. The SMILES string of the molecule is CCn1c(SCC(=O)N2CCCCCCC2)nnc1-c1cccc(C)c1. The molecule has 2 heterocycles. The first kappa shape index (κ1) is 19.0. The van der Waals surface area contributed by atoms with Gasteiger partial charge in [0.25, 0.3) is 0 Å². The number of carbonyl (C=O) groups excluding carboxylic acids is 1. The van der Waals surface area contributed by atoms with E-state index in [-0.39, 0.29) is 5.91 Å². The first-order valence-corrected chi connectivity index (χ1v) is 10.6. The second kappa shape index (κ2) is 9.21. The van der Waals surface area contributed by atoms with Crippen molar-refractivity contribution in [2.75, 3.05) is 18.8 Å². The molecule has 1 aliphatic heterocycles. The molecule has 140 valence electrons. The van der Waals surface area contributed by atoms with E-state index < -0.39 is 0 Å². The number of thioether (sulfide) groups is 1. The van der Waals surface area contributed by atoms with E-state index in [0.29, 0.717) is 5.75 Å². The highest BCUT2D eigenvalue weighted by Gasteiger charge is 2.18. The third-order valence-corrected chi connectivity index (χ3v) is 5.79. The van der Waals surface area contributed by atoms with Crippen LogP contribution in [0.1, 0.15) is 44.6 Å². The van der Waals surface area contributed by atoms with Crippen molar-refractivity contribution >= 4 is 17.7 Å². The predicted octanol–water partition coefficient (Wildman–Crippen LogP) is 4.16. The van der Waals surface area contributed by atoms with Gasteiger partial charge in [0.1, 0.15) is 0 Å². The van der Waals surface area contributed by atoms with Crippen molar-refractivity contribution in [3.05, 3.63) is 29.8 Å². The summed E-state index contributed by atoms with van der Waals surface area (Å²) < 4.78 is 2.10. The summed E-state index contributed by atoms with van der Waals surface area (Å²) in [6.45, 7) is 6.75. The Hall–Kier alpha value is -1.82. The zero-order valence-electron chi connectivity index (χ0n) is 15.8. The fraction of sp³-hybridized carbons (Fsp3) is 0.550. The molecule has 6 heteroatoms. The van der Waals surface area contributed by atoms with Crippen molar-refractivity contribution in [3.8, 4) is 11.4 Å². The largest absolute Gasteiger partial charge is 0.342 e. The number of hydrogen-bond acceptors (Lipinski definition) is 4. The van der Waals surface area contributed by atoms with Crippen molar-refractivity contribution in [3.63, 3.8) is 0 Å². The highest BCUT2D eigenvalue weighted by molar-refractivity contribution is 7.99. The Kier molecular flexibility index (Phi) is 6.72. The van der Waals surface area contributed by atoms with Crippen LogP contribution in [-0.2, 0) is 11.3 Å². The van der Waals surface area contributed by atoms with Gasteiger partial charge in [0.15, 0.2) is 11.0 Å². The van der Waals surface area contributed by atoms with Crippen LogP contribution in [0.4, 0.5) is 0 Å². The van der Waals surface area contributed by atoms with Crippen LogP contribution < -0.4 is 0 Å². The number of aryl methyl sites for hydroxylation is 1. The fourth-order valence-electron chi connectivity index (χ4n) is 3.39. The molecule has 0 atom stereocenters. The van der Waals surface area contributed by atoms with E-state index in [1.807, 2.05) is 11.0 Å². The second-order valence-electron chi connectivity index (χ2n) is 6.86. The molecule has 0 saturated carbocycles. The molecule has 3 rings (SSSR count). The van der Waals surface area contributed by atoms with Crippen molar-refractivity contribution in [2.45, 2.75) is 57.7 Å². The molecule has 1 aromatic carbocycles. The van der Waals surface area contributed by atoms with Crippen LogP contribution >= 0.6 is 11.8 Å². The van der Waals surface area contributed by atoms with Crippen LogP contribution in [0.25, 0.3) is 11.4 Å².